The number of aryl methyl sites for hydroxylation is 2. The van der Waals surface area contributed by atoms with Gasteiger partial charge in [-0.1, -0.05) is 23.7 Å². The zero-order valence-electron chi connectivity index (χ0n) is 26.7. The number of ether oxygens (including phenoxy) is 1. The van der Waals surface area contributed by atoms with E-state index in [0.29, 0.717) is 22.5 Å². The second-order valence-electron chi connectivity index (χ2n) is 11.4. The second-order valence-corrected chi connectivity index (χ2v) is 13.7. The van der Waals surface area contributed by atoms with E-state index in [-0.39, 0.29) is 69.7 Å². The molecule has 0 saturated heterocycles. The van der Waals surface area contributed by atoms with Crippen molar-refractivity contribution in [2.24, 2.45) is 12.8 Å². The summed E-state index contributed by atoms with van der Waals surface area (Å²) in [5, 5.41) is 5.22. The number of sulfonamides is 1. The zero-order valence-corrected chi connectivity index (χ0v) is 29.1. The van der Waals surface area contributed by atoms with Gasteiger partial charge in [0.15, 0.2) is 11.5 Å². The predicted molar refractivity (Wildman–Crippen MR) is 187 cm³/mol. The first-order chi connectivity index (χ1) is 22.7. The van der Waals surface area contributed by atoms with E-state index in [1.54, 1.807) is 56.4 Å². The quantitative estimate of drug-likeness (QED) is 0.205. The third-order valence-electron chi connectivity index (χ3n) is 7.87. The van der Waals surface area contributed by atoms with Crippen LogP contribution in [0.15, 0.2) is 71.5 Å². The van der Waals surface area contributed by atoms with Crippen molar-refractivity contribution in [1.29, 1.82) is 0 Å². The van der Waals surface area contributed by atoms with Crippen LogP contribution in [0.5, 0.6) is 5.75 Å². The third-order valence-corrected chi connectivity index (χ3v) is 9.29. The number of hydrogen-bond donors (Lipinski definition) is 1. The lowest BCUT2D eigenvalue weighted by molar-refractivity contribution is 0.414. The van der Waals surface area contributed by atoms with Gasteiger partial charge in [0.25, 0.3) is 5.56 Å². The SMILES string of the molecule is COc1ccc(CN(c2nn(C)c3c(-n4c([C@@H](N)Cc5cc(F)cc(F)c5)nc5nc(C)ccc5c4=O)ccc(Cl)c23)S(C)(=O)=O)cc1.Cl. The van der Waals surface area contributed by atoms with Crippen LogP contribution in [0.3, 0.4) is 0 Å². The highest BCUT2D eigenvalue weighted by molar-refractivity contribution is 7.92. The summed E-state index contributed by atoms with van der Waals surface area (Å²) >= 11 is 6.76. The largest absolute Gasteiger partial charge is 0.497 e. The second kappa shape index (κ2) is 13.7. The van der Waals surface area contributed by atoms with Crippen LogP contribution in [0.25, 0.3) is 27.6 Å². The van der Waals surface area contributed by atoms with E-state index in [1.165, 1.54) is 22.4 Å². The number of rotatable bonds is 9. The molecule has 0 spiro atoms. The summed E-state index contributed by atoms with van der Waals surface area (Å²) in [6, 6.07) is 15.3. The summed E-state index contributed by atoms with van der Waals surface area (Å²) < 4.78 is 63.7. The van der Waals surface area contributed by atoms with E-state index in [9.17, 15) is 22.0 Å². The van der Waals surface area contributed by atoms with Crippen molar-refractivity contribution < 1.29 is 21.9 Å². The van der Waals surface area contributed by atoms with E-state index in [0.717, 1.165) is 28.8 Å². The fourth-order valence-corrected chi connectivity index (χ4v) is 6.74. The molecule has 6 aromatic rings. The molecule has 0 aliphatic rings. The number of fused-ring (bicyclic) bond motifs is 2. The van der Waals surface area contributed by atoms with Crippen molar-refractivity contribution >= 4 is 61.8 Å². The van der Waals surface area contributed by atoms with Gasteiger partial charge in [-0.3, -0.25) is 14.0 Å². The van der Waals surface area contributed by atoms with E-state index in [4.69, 9.17) is 22.1 Å². The highest BCUT2D eigenvalue weighted by Gasteiger charge is 2.29. The number of halogens is 4. The van der Waals surface area contributed by atoms with Crippen molar-refractivity contribution in [3.63, 3.8) is 0 Å². The van der Waals surface area contributed by atoms with Gasteiger partial charge in [-0.25, -0.2) is 31.5 Å². The smallest absolute Gasteiger partial charge is 0.267 e. The Hall–Kier alpha value is -4.63. The van der Waals surface area contributed by atoms with Gasteiger partial charge in [-0.2, -0.15) is 5.10 Å². The number of aromatic nitrogens is 5. The lowest BCUT2D eigenvalue weighted by Gasteiger charge is -2.21. The minimum absolute atomic E-state index is 0. The molecule has 6 rings (SSSR count). The molecule has 49 heavy (non-hydrogen) atoms. The molecule has 1 atom stereocenters. The Morgan fingerprint density at radius 2 is 1.67 bits per heavy atom. The van der Waals surface area contributed by atoms with Crippen LogP contribution < -0.4 is 20.3 Å². The number of methoxy groups -OCH3 is 1. The van der Waals surface area contributed by atoms with E-state index < -0.39 is 33.3 Å². The van der Waals surface area contributed by atoms with Crippen LogP contribution in [0.2, 0.25) is 5.02 Å². The van der Waals surface area contributed by atoms with Crippen LogP contribution in [0, 0.1) is 18.6 Å². The Morgan fingerprint density at radius 1 is 1.00 bits per heavy atom. The molecule has 0 unspecified atom stereocenters. The molecule has 2 N–H and O–H groups in total. The first-order valence-corrected chi connectivity index (χ1v) is 16.8. The molecule has 0 amide bonds. The molecule has 16 heteroatoms. The van der Waals surface area contributed by atoms with Gasteiger partial charge in [0.2, 0.25) is 10.0 Å². The number of nitrogens with two attached hydrogens (primary N) is 1. The topological polar surface area (TPSA) is 138 Å². The van der Waals surface area contributed by atoms with Gasteiger partial charge in [0.1, 0.15) is 23.2 Å². The highest BCUT2D eigenvalue weighted by atomic mass is 35.5. The molecule has 0 aliphatic carbocycles. The Balaban J connectivity index is 0.00000468. The maximum absolute atomic E-state index is 14.3. The lowest BCUT2D eigenvalue weighted by Crippen LogP contribution is -2.30. The summed E-state index contributed by atoms with van der Waals surface area (Å²) in [5.41, 5.74) is 8.37. The summed E-state index contributed by atoms with van der Waals surface area (Å²) in [6.45, 7) is 1.68. The van der Waals surface area contributed by atoms with Crippen molar-refractivity contribution in [2.45, 2.75) is 25.9 Å². The maximum atomic E-state index is 14.3. The highest BCUT2D eigenvalue weighted by Crippen LogP contribution is 2.38. The Morgan fingerprint density at radius 3 is 2.31 bits per heavy atom. The van der Waals surface area contributed by atoms with Crippen molar-refractivity contribution in [3.05, 3.63) is 116 Å². The zero-order chi connectivity index (χ0) is 34.5. The molecule has 3 aromatic heterocycles. The monoisotopic (exact) mass is 729 g/mol. The van der Waals surface area contributed by atoms with Gasteiger partial charge >= 0.3 is 0 Å². The average Bonchev–Trinajstić information content (AvgIpc) is 3.36. The Labute approximate surface area is 291 Å². The van der Waals surface area contributed by atoms with E-state index >= 15 is 0 Å². The molecule has 0 aliphatic heterocycles. The van der Waals surface area contributed by atoms with Gasteiger partial charge in [0, 0.05) is 18.8 Å². The normalized spacial score (nSPS) is 12.2. The van der Waals surface area contributed by atoms with E-state index in [1.807, 2.05) is 0 Å². The Kier molecular flexibility index (Phi) is 9.98. The van der Waals surface area contributed by atoms with Crippen LogP contribution >= 0.6 is 24.0 Å². The third kappa shape index (κ3) is 6.95. The summed E-state index contributed by atoms with van der Waals surface area (Å²) in [7, 11) is -0.782. The average molecular weight is 731 g/mol. The van der Waals surface area contributed by atoms with Crippen LogP contribution in [0.4, 0.5) is 14.6 Å². The molecule has 11 nitrogen and oxygen atoms in total. The molecule has 3 heterocycles. The number of benzene rings is 3. The lowest BCUT2D eigenvalue weighted by atomic mass is 10.0. The molecular weight excluding hydrogens is 699 g/mol. The molecule has 0 bridgehead atoms. The van der Waals surface area contributed by atoms with Gasteiger partial charge in [0.05, 0.1) is 53.0 Å². The number of pyridine rings is 1. The first kappa shape index (κ1) is 35.7. The maximum Gasteiger partial charge on any atom is 0.267 e. The predicted octanol–water partition coefficient (Wildman–Crippen LogP) is 5.55. The van der Waals surface area contributed by atoms with Crippen LogP contribution in [-0.2, 0) is 30.0 Å². The van der Waals surface area contributed by atoms with Crippen molar-refractivity contribution in [3.8, 4) is 11.4 Å². The van der Waals surface area contributed by atoms with Crippen LogP contribution in [-0.4, -0.2) is 46.1 Å². The summed E-state index contributed by atoms with van der Waals surface area (Å²) in [4.78, 5) is 23.4. The van der Waals surface area contributed by atoms with Gasteiger partial charge in [-0.15, -0.1) is 12.4 Å². The number of hydrogen-bond acceptors (Lipinski definition) is 8. The molecule has 3 aromatic carbocycles. The van der Waals surface area contributed by atoms with Crippen LogP contribution in [0.1, 0.15) is 28.7 Å². The number of anilines is 1. The minimum atomic E-state index is -3.91. The van der Waals surface area contributed by atoms with Crippen molar-refractivity contribution in [2.75, 3.05) is 17.7 Å². The minimum Gasteiger partial charge on any atom is -0.497 e. The van der Waals surface area contributed by atoms with Crippen molar-refractivity contribution in [1.82, 2.24) is 24.3 Å². The molecule has 256 valence electrons. The van der Waals surface area contributed by atoms with Gasteiger partial charge < -0.3 is 10.5 Å². The summed E-state index contributed by atoms with van der Waals surface area (Å²) in [6.07, 6.45) is 0.990. The molecular formula is C33H31Cl2F2N7O4S. The number of nitrogens with zero attached hydrogens (tertiary/aromatic N) is 6. The summed E-state index contributed by atoms with van der Waals surface area (Å²) in [5.74, 6) is -0.842. The Bertz CT molecular complexity index is 2370. The standard InChI is InChI=1S/C33H30ClF2N7O4S.ClH/c1-18-5-10-24-30(38-18)39-31(26(37)15-20-13-21(35)16-22(36)14-20)43(33(24)44)27-12-11-25(34)28-29(27)41(2)40-32(28)42(48(4,45)46)17-19-6-8-23(47-3)9-7-19;/h5-14,16,26H,15,17,37H2,1-4H3;1H/t26-;/m0./s1. The molecule has 0 saturated carbocycles. The molecule has 0 fully saturated rings. The molecule has 0 radical (unpaired) electrons. The first-order valence-electron chi connectivity index (χ1n) is 14.6. The van der Waals surface area contributed by atoms with E-state index in [2.05, 4.69) is 15.1 Å². The fourth-order valence-electron chi connectivity index (χ4n) is 5.67. The van der Waals surface area contributed by atoms with Gasteiger partial charge in [-0.05, 0) is 73.0 Å². The fraction of sp³-hybridized carbons (Fsp3) is 0.212.